The first kappa shape index (κ1) is 25.1. The lowest BCUT2D eigenvalue weighted by atomic mass is 10.1. The molecule has 2 heterocycles. The number of ketones is 1. The van der Waals surface area contributed by atoms with Crippen molar-refractivity contribution in [3.8, 4) is 0 Å². The lowest BCUT2D eigenvalue weighted by molar-refractivity contribution is -0.147. The third-order valence-corrected chi connectivity index (χ3v) is 8.61. The number of halogens is 3. The molecule has 9 nitrogen and oxygen atoms in total. The van der Waals surface area contributed by atoms with Crippen LogP contribution in [0.4, 0.5) is 24.5 Å². The molecule has 33 heavy (non-hydrogen) atoms. The van der Waals surface area contributed by atoms with E-state index in [1.54, 1.807) is 13.8 Å². The summed E-state index contributed by atoms with van der Waals surface area (Å²) < 4.78 is 70.0. The van der Waals surface area contributed by atoms with Gasteiger partial charge in [-0.1, -0.05) is 13.8 Å². The largest absolute Gasteiger partial charge is 0.466 e. The van der Waals surface area contributed by atoms with E-state index in [1.807, 2.05) is 5.32 Å². The molecule has 0 saturated heterocycles. The zero-order valence-corrected chi connectivity index (χ0v) is 19.4. The van der Waals surface area contributed by atoms with Gasteiger partial charge in [-0.2, -0.15) is 13.2 Å². The molecule has 0 amide bonds. The van der Waals surface area contributed by atoms with Crippen LogP contribution in [0.2, 0.25) is 0 Å². The van der Waals surface area contributed by atoms with Gasteiger partial charge in [-0.15, -0.1) is 11.8 Å². The number of thioether (sulfide) groups is 1. The molecule has 180 valence electrons. The van der Waals surface area contributed by atoms with Gasteiger partial charge in [0.15, 0.2) is 10.6 Å². The summed E-state index contributed by atoms with van der Waals surface area (Å²) in [5, 5.41) is 5.46. The molecule has 0 spiro atoms. The summed E-state index contributed by atoms with van der Waals surface area (Å²) in [5.41, 5.74) is -3.40. The van der Waals surface area contributed by atoms with Crippen LogP contribution in [-0.4, -0.2) is 43.4 Å². The van der Waals surface area contributed by atoms with Crippen molar-refractivity contribution in [1.82, 2.24) is 4.31 Å². The molecule has 2 N–H and O–H groups in total. The molecule has 0 saturated carbocycles. The lowest BCUT2D eigenvalue weighted by Gasteiger charge is -2.23. The summed E-state index contributed by atoms with van der Waals surface area (Å²) in [4.78, 5) is 36.6. The Morgan fingerprint density at radius 3 is 2.24 bits per heavy atom. The Hall–Kier alpha value is -2.58. The number of hydrogen-bond acceptors (Lipinski definition) is 9. The third kappa shape index (κ3) is 4.59. The molecule has 1 aromatic heterocycles. The molecular formula is C19H20F3N3O6S2. The van der Waals surface area contributed by atoms with E-state index in [4.69, 9.17) is 4.42 Å². The van der Waals surface area contributed by atoms with Crippen molar-refractivity contribution in [3.05, 3.63) is 55.2 Å². The Labute approximate surface area is 190 Å². The predicted molar refractivity (Wildman–Crippen MR) is 117 cm³/mol. The minimum atomic E-state index is -4.88. The van der Waals surface area contributed by atoms with E-state index in [0.29, 0.717) is 17.3 Å². The molecule has 1 aromatic carbocycles. The van der Waals surface area contributed by atoms with Gasteiger partial charge in [0, 0.05) is 14.1 Å². The molecule has 2 aromatic rings. The third-order valence-electron chi connectivity index (χ3n) is 4.95. The van der Waals surface area contributed by atoms with Crippen molar-refractivity contribution in [3.63, 3.8) is 0 Å². The van der Waals surface area contributed by atoms with Crippen molar-refractivity contribution in [2.75, 3.05) is 24.7 Å². The Morgan fingerprint density at radius 1 is 1.12 bits per heavy atom. The van der Waals surface area contributed by atoms with E-state index in [2.05, 4.69) is 5.32 Å². The summed E-state index contributed by atoms with van der Waals surface area (Å²) in [6.07, 6.45) is -3.71. The molecule has 1 aliphatic rings. The van der Waals surface area contributed by atoms with E-state index < -0.39 is 60.6 Å². The quantitative estimate of drug-likeness (QED) is 0.518. The van der Waals surface area contributed by atoms with Crippen molar-refractivity contribution in [2.24, 2.45) is 0 Å². The van der Waals surface area contributed by atoms with Crippen LogP contribution in [0, 0.1) is 0 Å². The Balaban J connectivity index is 1.87. The number of allylic oxidation sites excluding steroid dienone is 1. The fourth-order valence-corrected chi connectivity index (χ4v) is 5.64. The monoisotopic (exact) mass is 507 g/mol. The van der Waals surface area contributed by atoms with E-state index in [-0.39, 0.29) is 11.6 Å². The molecule has 0 aliphatic carbocycles. The second-order valence-electron chi connectivity index (χ2n) is 7.78. The first-order valence-corrected chi connectivity index (χ1v) is 11.9. The van der Waals surface area contributed by atoms with Gasteiger partial charge in [0.2, 0.25) is 15.8 Å². The Kier molecular flexibility index (Phi) is 6.56. The summed E-state index contributed by atoms with van der Waals surface area (Å²) in [7, 11) is -1.51. The highest BCUT2D eigenvalue weighted by atomic mass is 32.3. The molecule has 3 rings (SSSR count). The second-order valence-corrected chi connectivity index (χ2v) is 11.3. The number of Topliss-reactive ketones (excluding diaryl/α,β-unsaturated/α-hetero) is 1. The minimum absolute atomic E-state index is 0.107. The number of alkyl halides is 3. The number of sulfonamides is 1. The van der Waals surface area contributed by atoms with Crippen LogP contribution in [0.15, 0.2) is 37.4 Å². The molecular weight excluding hydrogens is 487 g/mol. The van der Waals surface area contributed by atoms with Crippen LogP contribution < -0.4 is 21.5 Å². The Bertz CT molecular complexity index is 1290. The highest BCUT2D eigenvalue weighted by molar-refractivity contribution is 8.16. The smallest absolute Gasteiger partial charge is 0.415 e. The van der Waals surface area contributed by atoms with Crippen molar-refractivity contribution in [1.29, 1.82) is 0 Å². The van der Waals surface area contributed by atoms with Crippen LogP contribution in [-0.2, 0) is 14.8 Å². The fourth-order valence-electron chi connectivity index (χ4n) is 2.93. The number of rotatable bonds is 8. The van der Waals surface area contributed by atoms with Crippen molar-refractivity contribution in [2.45, 2.75) is 36.6 Å². The number of hydrogen-bond donors (Lipinski definition) is 2. The highest BCUT2D eigenvalue weighted by Gasteiger charge is 2.45. The SMILES string of the molecule is CC(C)c1coc([C@H](Nc2c(NC3=CSC(S(=O)(=O)N(C)C)C3=O)c(=O)c2=O)C(F)(F)F)c1. The van der Waals surface area contributed by atoms with E-state index in [1.165, 1.54) is 26.4 Å². The summed E-state index contributed by atoms with van der Waals surface area (Å²) in [5.74, 6) is -1.51. The van der Waals surface area contributed by atoms with Crippen LogP contribution in [0.3, 0.4) is 0 Å². The van der Waals surface area contributed by atoms with Crippen LogP contribution in [0.25, 0.3) is 0 Å². The summed E-state index contributed by atoms with van der Waals surface area (Å²) in [6.45, 7) is 3.52. The predicted octanol–water partition coefficient (Wildman–Crippen LogP) is 2.50. The summed E-state index contributed by atoms with van der Waals surface area (Å²) in [6, 6.07) is -1.23. The topological polar surface area (TPSA) is 126 Å². The Morgan fingerprint density at radius 2 is 1.73 bits per heavy atom. The maximum Gasteiger partial charge on any atom is 0.415 e. The van der Waals surface area contributed by atoms with Gasteiger partial charge < -0.3 is 15.1 Å². The maximum absolute atomic E-state index is 13.7. The lowest BCUT2D eigenvalue weighted by Crippen LogP contribution is -2.41. The first-order valence-electron chi connectivity index (χ1n) is 9.49. The normalized spacial score (nSPS) is 18.3. The second kappa shape index (κ2) is 8.65. The van der Waals surface area contributed by atoms with Crippen molar-refractivity contribution >= 4 is 38.9 Å². The minimum Gasteiger partial charge on any atom is -0.466 e. The zero-order chi connectivity index (χ0) is 24.9. The van der Waals surface area contributed by atoms with Gasteiger partial charge >= 0.3 is 6.18 Å². The maximum atomic E-state index is 13.7. The number of carbonyl (C=O) groups excluding carboxylic acids is 1. The van der Waals surface area contributed by atoms with Gasteiger partial charge in [0.1, 0.15) is 17.1 Å². The van der Waals surface area contributed by atoms with Gasteiger partial charge in [0.05, 0.1) is 12.0 Å². The number of furan rings is 1. The van der Waals surface area contributed by atoms with Crippen LogP contribution in [0.5, 0.6) is 0 Å². The standard InChI is InChI=1S/C19H20F3N3O6S2/c1-8(2)9-5-11(31-6-9)17(19(20,21)22)24-13-12(15(27)16(13)28)23-10-7-32-18(14(10)26)33(29,30)25(3)4/h5-8,17-18,23-24H,1-4H3/t17-,18?/m0/s1. The first-order chi connectivity index (χ1) is 15.2. The van der Waals surface area contributed by atoms with E-state index >= 15 is 0 Å². The van der Waals surface area contributed by atoms with Gasteiger partial charge in [-0.05, 0) is 23.0 Å². The summed E-state index contributed by atoms with van der Waals surface area (Å²) >= 11 is 0.656. The van der Waals surface area contributed by atoms with Gasteiger partial charge in [-0.3, -0.25) is 14.4 Å². The van der Waals surface area contributed by atoms with E-state index in [0.717, 1.165) is 9.71 Å². The average Bonchev–Trinajstić information content (AvgIpc) is 3.33. The average molecular weight is 508 g/mol. The van der Waals surface area contributed by atoms with Gasteiger partial charge in [-0.25, -0.2) is 12.7 Å². The molecule has 0 bridgehead atoms. The van der Waals surface area contributed by atoms with Crippen LogP contribution >= 0.6 is 11.8 Å². The van der Waals surface area contributed by atoms with Gasteiger partial charge in [0.25, 0.3) is 10.9 Å². The molecule has 0 fully saturated rings. The number of carbonyl (C=O) groups is 1. The highest BCUT2D eigenvalue weighted by Crippen LogP contribution is 2.39. The number of nitrogens with zero attached hydrogens (tertiary/aromatic N) is 1. The number of nitrogens with one attached hydrogen (secondary N) is 2. The molecule has 2 atom stereocenters. The van der Waals surface area contributed by atoms with Crippen LogP contribution in [0.1, 0.15) is 37.1 Å². The number of anilines is 2. The van der Waals surface area contributed by atoms with Crippen molar-refractivity contribution < 1.29 is 30.8 Å². The molecule has 1 unspecified atom stereocenters. The zero-order valence-electron chi connectivity index (χ0n) is 17.8. The van der Waals surface area contributed by atoms with E-state index in [9.17, 15) is 36.0 Å². The molecule has 0 radical (unpaired) electrons. The molecule has 1 aliphatic heterocycles. The molecule has 14 heteroatoms. The fraction of sp³-hybridized carbons (Fsp3) is 0.421.